The minimum absolute atomic E-state index is 0.162. The van der Waals surface area contributed by atoms with Gasteiger partial charge in [-0.1, -0.05) is 37.6 Å². The highest BCUT2D eigenvalue weighted by molar-refractivity contribution is 6.31. The normalized spacial score (nSPS) is 19.7. The molecular weight excluding hydrogens is 246 g/mol. The van der Waals surface area contributed by atoms with E-state index >= 15 is 0 Å². The SMILES string of the molecule is CC1(C)CCCN(CC(=O)c2cccc(Cl)c2)C1. The van der Waals surface area contributed by atoms with E-state index in [9.17, 15) is 4.79 Å². The molecule has 0 saturated carbocycles. The minimum atomic E-state index is 0.162. The number of ketones is 1. The van der Waals surface area contributed by atoms with Crippen molar-refractivity contribution in [1.82, 2.24) is 4.90 Å². The van der Waals surface area contributed by atoms with Crippen LogP contribution in [0.25, 0.3) is 0 Å². The van der Waals surface area contributed by atoms with E-state index in [1.807, 2.05) is 12.1 Å². The number of rotatable bonds is 3. The third-order valence-corrected chi connectivity index (χ3v) is 3.73. The van der Waals surface area contributed by atoms with E-state index in [1.54, 1.807) is 12.1 Å². The van der Waals surface area contributed by atoms with E-state index < -0.39 is 0 Å². The summed E-state index contributed by atoms with van der Waals surface area (Å²) in [6, 6.07) is 7.21. The molecule has 0 N–H and O–H groups in total. The quantitative estimate of drug-likeness (QED) is 0.778. The summed E-state index contributed by atoms with van der Waals surface area (Å²) in [6.45, 7) is 7.06. The molecule has 3 heteroatoms. The molecule has 0 aromatic heterocycles. The van der Waals surface area contributed by atoms with Gasteiger partial charge in [0.25, 0.3) is 0 Å². The van der Waals surface area contributed by atoms with Gasteiger partial charge in [-0.25, -0.2) is 0 Å². The highest BCUT2D eigenvalue weighted by atomic mass is 35.5. The van der Waals surface area contributed by atoms with Crippen molar-refractivity contribution in [3.05, 3.63) is 34.9 Å². The second kappa shape index (κ2) is 5.41. The molecule has 1 aliphatic rings. The van der Waals surface area contributed by atoms with Crippen molar-refractivity contribution in [2.24, 2.45) is 5.41 Å². The fourth-order valence-electron chi connectivity index (χ4n) is 2.64. The Morgan fingerprint density at radius 1 is 1.44 bits per heavy atom. The molecular formula is C15H20ClNO. The van der Waals surface area contributed by atoms with Crippen molar-refractivity contribution in [1.29, 1.82) is 0 Å². The smallest absolute Gasteiger partial charge is 0.176 e. The fourth-order valence-corrected chi connectivity index (χ4v) is 2.83. The molecule has 0 radical (unpaired) electrons. The topological polar surface area (TPSA) is 20.3 Å². The largest absolute Gasteiger partial charge is 0.295 e. The van der Waals surface area contributed by atoms with E-state index in [4.69, 9.17) is 11.6 Å². The highest BCUT2D eigenvalue weighted by Crippen LogP contribution is 2.28. The van der Waals surface area contributed by atoms with Crippen molar-refractivity contribution in [3.8, 4) is 0 Å². The lowest BCUT2D eigenvalue weighted by molar-refractivity contribution is 0.0810. The summed E-state index contributed by atoms with van der Waals surface area (Å²) in [5, 5.41) is 0.625. The number of benzene rings is 1. The molecule has 0 spiro atoms. The number of piperidine rings is 1. The molecule has 1 aromatic carbocycles. The average molecular weight is 266 g/mol. The van der Waals surface area contributed by atoms with E-state index in [1.165, 1.54) is 12.8 Å². The van der Waals surface area contributed by atoms with Crippen molar-refractivity contribution in [2.45, 2.75) is 26.7 Å². The number of halogens is 1. The van der Waals surface area contributed by atoms with E-state index in [-0.39, 0.29) is 5.78 Å². The highest BCUT2D eigenvalue weighted by Gasteiger charge is 2.27. The van der Waals surface area contributed by atoms with Crippen molar-refractivity contribution < 1.29 is 4.79 Å². The molecule has 0 unspecified atom stereocenters. The van der Waals surface area contributed by atoms with Gasteiger partial charge in [0.05, 0.1) is 6.54 Å². The van der Waals surface area contributed by atoms with Gasteiger partial charge in [-0.05, 0) is 36.9 Å². The Morgan fingerprint density at radius 2 is 2.22 bits per heavy atom. The molecule has 1 saturated heterocycles. The molecule has 0 atom stereocenters. The van der Waals surface area contributed by atoms with Crippen LogP contribution in [0.2, 0.25) is 5.02 Å². The maximum atomic E-state index is 12.2. The van der Waals surface area contributed by atoms with Gasteiger partial charge in [-0.2, -0.15) is 0 Å². The zero-order valence-electron chi connectivity index (χ0n) is 11.1. The second-order valence-electron chi connectivity index (χ2n) is 5.91. The molecule has 2 nitrogen and oxygen atoms in total. The third kappa shape index (κ3) is 3.56. The minimum Gasteiger partial charge on any atom is -0.295 e. The van der Waals surface area contributed by atoms with Gasteiger partial charge < -0.3 is 0 Å². The predicted octanol–water partition coefficient (Wildman–Crippen LogP) is 3.64. The Bertz CT molecular complexity index is 442. The summed E-state index contributed by atoms with van der Waals surface area (Å²) in [6.07, 6.45) is 2.42. The van der Waals surface area contributed by atoms with E-state index in [2.05, 4.69) is 18.7 Å². The summed E-state index contributed by atoms with van der Waals surface area (Å²) in [4.78, 5) is 14.4. The Labute approximate surface area is 114 Å². The van der Waals surface area contributed by atoms with Gasteiger partial charge in [0.15, 0.2) is 5.78 Å². The summed E-state index contributed by atoms with van der Waals surface area (Å²) in [5.41, 5.74) is 1.04. The van der Waals surface area contributed by atoms with Gasteiger partial charge in [0, 0.05) is 17.1 Å². The first-order valence-corrected chi connectivity index (χ1v) is 6.85. The number of likely N-dealkylation sites (tertiary alicyclic amines) is 1. The predicted molar refractivity (Wildman–Crippen MR) is 75.2 cm³/mol. The van der Waals surface area contributed by atoms with Crippen LogP contribution in [0.3, 0.4) is 0 Å². The molecule has 1 aliphatic heterocycles. The lowest BCUT2D eigenvalue weighted by Gasteiger charge is -2.37. The Morgan fingerprint density at radius 3 is 2.89 bits per heavy atom. The van der Waals surface area contributed by atoms with Crippen LogP contribution in [0.4, 0.5) is 0 Å². The lowest BCUT2D eigenvalue weighted by atomic mass is 9.84. The third-order valence-electron chi connectivity index (χ3n) is 3.49. The molecule has 1 fully saturated rings. The summed E-state index contributed by atoms with van der Waals surface area (Å²) < 4.78 is 0. The first-order chi connectivity index (χ1) is 8.46. The molecule has 0 bridgehead atoms. The Balaban J connectivity index is 1.99. The second-order valence-corrected chi connectivity index (χ2v) is 6.35. The van der Waals surface area contributed by atoms with Crippen LogP contribution in [0.15, 0.2) is 24.3 Å². The molecule has 1 heterocycles. The number of carbonyl (C=O) groups excluding carboxylic acids is 1. The number of hydrogen-bond acceptors (Lipinski definition) is 2. The van der Waals surface area contributed by atoms with E-state index in [0.717, 1.165) is 13.1 Å². The monoisotopic (exact) mass is 265 g/mol. The maximum absolute atomic E-state index is 12.2. The molecule has 18 heavy (non-hydrogen) atoms. The first-order valence-electron chi connectivity index (χ1n) is 6.47. The van der Waals surface area contributed by atoms with Gasteiger partial charge in [-0.3, -0.25) is 9.69 Å². The van der Waals surface area contributed by atoms with E-state index in [0.29, 0.717) is 22.5 Å². The summed E-state index contributed by atoms with van der Waals surface area (Å²) >= 11 is 5.91. The van der Waals surface area contributed by atoms with Crippen LogP contribution in [-0.2, 0) is 0 Å². The van der Waals surface area contributed by atoms with Crippen LogP contribution >= 0.6 is 11.6 Å². The maximum Gasteiger partial charge on any atom is 0.176 e. The molecule has 98 valence electrons. The molecule has 1 aromatic rings. The van der Waals surface area contributed by atoms with Crippen LogP contribution in [0.1, 0.15) is 37.0 Å². The zero-order valence-corrected chi connectivity index (χ0v) is 11.8. The van der Waals surface area contributed by atoms with Crippen molar-refractivity contribution >= 4 is 17.4 Å². The number of Topliss-reactive ketones (excluding diaryl/α,β-unsaturated/α-hetero) is 1. The summed E-state index contributed by atoms with van der Waals surface area (Å²) in [7, 11) is 0. The Kier molecular flexibility index (Phi) is 4.08. The average Bonchev–Trinajstić information content (AvgIpc) is 2.27. The van der Waals surface area contributed by atoms with Crippen LogP contribution in [0.5, 0.6) is 0 Å². The van der Waals surface area contributed by atoms with Crippen LogP contribution in [-0.4, -0.2) is 30.3 Å². The summed E-state index contributed by atoms with van der Waals surface area (Å²) in [5.74, 6) is 0.162. The zero-order chi connectivity index (χ0) is 13.2. The molecule has 0 amide bonds. The van der Waals surface area contributed by atoms with Crippen molar-refractivity contribution in [3.63, 3.8) is 0 Å². The van der Waals surface area contributed by atoms with Gasteiger partial charge in [-0.15, -0.1) is 0 Å². The number of carbonyl (C=O) groups is 1. The molecule has 2 rings (SSSR count). The first kappa shape index (κ1) is 13.6. The van der Waals surface area contributed by atoms with Gasteiger partial charge in [0.1, 0.15) is 0 Å². The fraction of sp³-hybridized carbons (Fsp3) is 0.533. The number of hydrogen-bond donors (Lipinski definition) is 0. The van der Waals surface area contributed by atoms with Gasteiger partial charge >= 0.3 is 0 Å². The van der Waals surface area contributed by atoms with Crippen LogP contribution in [0, 0.1) is 5.41 Å². The lowest BCUT2D eigenvalue weighted by Crippen LogP contribution is -2.42. The van der Waals surface area contributed by atoms with Crippen molar-refractivity contribution in [2.75, 3.05) is 19.6 Å². The van der Waals surface area contributed by atoms with Gasteiger partial charge in [0.2, 0.25) is 0 Å². The molecule has 0 aliphatic carbocycles. The number of nitrogens with zero attached hydrogens (tertiary/aromatic N) is 1. The Hall–Kier alpha value is -0.860. The standard InChI is InChI=1S/C15H20ClNO/c1-15(2)7-4-8-17(11-15)10-14(18)12-5-3-6-13(16)9-12/h3,5-6,9H,4,7-8,10-11H2,1-2H3. The van der Waals surface area contributed by atoms with Crippen LogP contribution < -0.4 is 0 Å².